The van der Waals surface area contributed by atoms with Gasteiger partial charge in [-0.05, 0) is 35.6 Å². The molecule has 0 radical (unpaired) electrons. The summed E-state index contributed by atoms with van der Waals surface area (Å²) in [5, 5.41) is 13.5. The third kappa shape index (κ3) is 4.03. The molecule has 33 heavy (non-hydrogen) atoms. The summed E-state index contributed by atoms with van der Waals surface area (Å²) >= 11 is 0. The molecule has 0 saturated heterocycles. The Bertz CT molecular complexity index is 1330. The van der Waals surface area contributed by atoms with E-state index >= 15 is 0 Å². The number of hydrogen-bond donors (Lipinski definition) is 0. The van der Waals surface area contributed by atoms with Gasteiger partial charge in [-0.25, -0.2) is 4.52 Å². The van der Waals surface area contributed by atoms with Crippen LogP contribution < -0.4 is 4.74 Å². The summed E-state index contributed by atoms with van der Waals surface area (Å²) in [6, 6.07) is 17.8. The van der Waals surface area contributed by atoms with Crippen molar-refractivity contribution >= 4 is 17.5 Å². The van der Waals surface area contributed by atoms with E-state index in [1.165, 1.54) is 0 Å². The summed E-state index contributed by atoms with van der Waals surface area (Å²) < 4.78 is 12.5. The van der Waals surface area contributed by atoms with Gasteiger partial charge >= 0.3 is 0 Å². The largest absolute Gasteiger partial charge is 0.497 e. The van der Waals surface area contributed by atoms with Crippen molar-refractivity contribution < 1.29 is 14.3 Å². The fourth-order valence-electron chi connectivity index (χ4n) is 4.28. The van der Waals surface area contributed by atoms with Crippen molar-refractivity contribution in [3.8, 4) is 16.9 Å². The molecule has 7 heteroatoms. The average molecular weight is 441 g/mol. The van der Waals surface area contributed by atoms with E-state index in [9.17, 15) is 4.79 Å². The second-order valence-corrected chi connectivity index (χ2v) is 8.08. The van der Waals surface area contributed by atoms with E-state index in [0.717, 1.165) is 33.8 Å². The number of nitrogens with zero attached hydrogens (tertiary/aromatic N) is 4. The Hall–Kier alpha value is -3.84. The van der Waals surface area contributed by atoms with E-state index < -0.39 is 0 Å². The minimum absolute atomic E-state index is 0.0110. The molecule has 2 heterocycles. The summed E-state index contributed by atoms with van der Waals surface area (Å²) in [5.74, 6) is 0.825. The van der Waals surface area contributed by atoms with Crippen LogP contribution in [0.15, 0.2) is 60.7 Å². The highest BCUT2D eigenvalue weighted by Crippen LogP contribution is 2.32. The molecule has 0 fully saturated rings. The van der Waals surface area contributed by atoms with Gasteiger partial charge in [-0.15, -0.1) is 10.2 Å². The molecule has 0 saturated carbocycles. The Morgan fingerprint density at radius 2 is 1.82 bits per heavy atom. The first-order chi connectivity index (χ1) is 16.2. The van der Waals surface area contributed by atoms with Crippen LogP contribution in [0.25, 0.3) is 22.9 Å². The van der Waals surface area contributed by atoms with E-state index in [1.54, 1.807) is 18.7 Å². The first-order valence-electron chi connectivity index (χ1n) is 10.8. The number of fused-ring (bicyclic) bond motifs is 3. The molecule has 2 aromatic carbocycles. The lowest BCUT2D eigenvalue weighted by Gasteiger charge is -2.20. The minimum Gasteiger partial charge on any atom is -0.497 e. The molecular formula is C26H24N4O3. The van der Waals surface area contributed by atoms with Crippen molar-refractivity contribution in [2.45, 2.75) is 19.4 Å². The number of rotatable bonds is 6. The number of methoxy groups -OCH3 is 2. The van der Waals surface area contributed by atoms with Crippen LogP contribution in [0.5, 0.6) is 5.75 Å². The van der Waals surface area contributed by atoms with Gasteiger partial charge < -0.3 is 9.47 Å². The molecule has 0 bridgehead atoms. The van der Waals surface area contributed by atoms with Gasteiger partial charge in [-0.1, -0.05) is 54.6 Å². The Kier molecular flexibility index (Phi) is 5.71. The standard InChI is InChI=1S/C26H24N4O3/c1-32-16-21-24(19-10-12-20(33-2)13-11-19)26-28-27-25-22(30(26)29-21)14-18(15-23(25)31)9-8-17-6-4-3-5-7-17/h3-13,18H,14-16H2,1-2H3/b9-8+. The number of benzene rings is 2. The zero-order valence-electron chi connectivity index (χ0n) is 18.6. The molecule has 0 aliphatic heterocycles. The van der Waals surface area contributed by atoms with Crippen LogP contribution >= 0.6 is 0 Å². The smallest absolute Gasteiger partial charge is 0.185 e. The van der Waals surface area contributed by atoms with E-state index in [1.807, 2.05) is 54.6 Å². The Balaban J connectivity index is 1.58. The fraction of sp³-hybridized carbons (Fsp3) is 0.231. The number of ether oxygens (including phenoxy) is 2. The summed E-state index contributed by atoms with van der Waals surface area (Å²) in [4.78, 5) is 12.9. The first-order valence-corrected chi connectivity index (χ1v) is 10.8. The maximum atomic E-state index is 12.9. The minimum atomic E-state index is -0.0110. The Morgan fingerprint density at radius 3 is 2.55 bits per heavy atom. The third-order valence-corrected chi connectivity index (χ3v) is 5.89. The highest BCUT2D eigenvalue weighted by molar-refractivity contribution is 5.97. The van der Waals surface area contributed by atoms with Crippen LogP contribution in [-0.4, -0.2) is 39.8 Å². The van der Waals surface area contributed by atoms with Crippen molar-refractivity contribution in [1.29, 1.82) is 0 Å². The van der Waals surface area contributed by atoms with Crippen molar-refractivity contribution in [3.05, 3.63) is 83.3 Å². The van der Waals surface area contributed by atoms with E-state index in [2.05, 4.69) is 22.3 Å². The number of carbonyl (C=O) groups excluding carboxylic acids is 1. The van der Waals surface area contributed by atoms with Crippen molar-refractivity contribution in [2.75, 3.05) is 14.2 Å². The number of carbonyl (C=O) groups is 1. The molecule has 5 rings (SSSR count). The SMILES string of the molecule is COCc1nn2c3c(nnc2c1-c1ccc(OC)cc1)C(=O)CC(/C=C/c1ccccc1)C3. The molecular weight excluding hydrogens is 416 g/mol. The summed E-state index contributed by atoms with van der Waals surface area (Å²) in [5.41, 5.74) is 5.46. The van der Waals surface area contributed by atoms with Gasteiger partial charge in [0.25, 0.3) is 0 Å². The van der Waals surface area contributed by atoms with Crippen LogP contribution in [0.4, 0.5) is 0 Å². The molecule has 0 amide bonds. The predicted octanol–water partition coefficient (Wildman–Crippen LogP) is 4.40. The zero-order chi connectivity index (χ0) is 22.8. The van der Waals surface area contributed by atoms with Gasteiger partial charge in [0.2, 0.25) is 0 Å². The van der Waals surface area contributed by atoms with Gasteiger partial charge in [-0.2, -0.15) is 5.10 Å². The molecule has 1 aliphatic carbocycles. The van der Waals surface area contributed by atoms with Crippen LogP contribution in [-0.2, 0) is 17.8 Å². The highest BCUT2D eigenvalue weighted by Gasteiger charge is 2.30. The molecule has 166 valence electrons. The monoisotopic (exact) mass is 440 g/mol. The molecule has 4 aromatic rings. The molecule has 0 N–H and O–H groups in total. The third-order valence-electron chi connectivity index (χ3n) is 5.89. The van der Waals surface area contributed by atoms with Gasteiger partial charge in [0.15, 0.2) is 17.1 Å². The second-order valence-electron chi connectivity index (χ2n) is 8.08. The lowest BCUT2D eigenvalue weighted by molar-refractivity contribution is 0.0950. The Labute approximate surface area is 191 Å². The van der Waals surface area contributed by atoms with Crippen molar-refractivity contribution in [3.63, 3.8) is 0 Å². The van der Waals surface area contributed by atoms with E-state index in [-0.39, 0.29) is 11.7 Å². The molecule has 7 nitrogen and oxygen atoms in total. The van der Waals surface area contributed by atoms with Gasteiger partial charge in [0, 0.05) is 13.5 Å². The quantitative estimate of drug-likeness (QED) is 0.442. The lowest BCUT2D eigenvalue weighted by Crippen LogP contribution is -2.24. The van der Waals surface area contributed by atoms with E-state index in [4.69, 9.17) is 14.6 Å². The molecule has 1 atom stereocenters. The highest BCUT2D eigenvalue weighted by atomic mass is 16.5. The van der Waals surface area contributed by atoms with E-state index in [0.29, 0.717) is 30.8 Å². The second kappa shape index (κ2) is 8.96. The number of allylic oxidation sites excluding steroid dienone is 1. The normalized spacial score (nSPS) is 15.8. The number of ketones is 1. The summed E-state index contributed by atoms with van der Waals surface area (Å²) in [6.07, 6.45) is 5.24. The first kappa shape index (κ1) is 21.0. The van der Waals surface area contributed by atoms with Crippen LogP contribution in [0.3, 0.4) is 0 Å². The molecule has 1 aliphatic rings. The van der Waals surface area contributed by atoms with Gasteiger partial charge in [0.1, 0.15) is 5.75 Å². The summed E-state index contributed by atoms with van der Waals surface area (Å²) in [6.45, 7) is 0.324. The van der Waals surface area contributed by atoms with Crippen LogP contribution in [0.2, 0.25) is 0 Å². The number of Topliss-reactive ketones (excluding diaryl/α,β-unsaturated/α-hetero) is 1. The average Bonchev–Trinajstić information content (AvgIpc) is 3.22. The predicted molar refractivity (Wildman–Crippen MR) is 125 cm³/mol. The van der Waals surface area contributed by atoms with Crippen LogP contribution in [0, 0.1) is 5.92 Å². The molecule has 1 unspecified atom stereocenters. The topological polar surface area (TPSA) is 78.6 Å². The van der Waals surface area contributed by atoms with Gasteiger partial charge in [0.05, 0.1) is 30.7 Å². The lowest BCUT2D eigenvalue weighted by atomic mass is 9.88. The van der Waals surface area contributed by atoms with Crippen LogP contribution in [0.1, 0.15) is 33.9 Å². The maximum absolute atomic E-state index is 12.9. The summed E-state index contributed by atoms with van der Waals surface area (Å²) in [7, 11) is 3.27. The van der Waals surface area contributed by atoms with Crippen molar-refractivity contribution in [2.24, 2.45) is 5.92 Å². The molecule has 2 aromatic heterocycles. The fourth-order valence-corrected chi connectivity index (χ4v) is 4.28. The molecule has 0 spiro atoms. The van der Waals surface area contributed by atoms with Gasteiger partial charge in [-0.3, -0.25) is 4.79 Å². The zero-order valence-corrected chi connectivity index (χ0v) is 18.6. The maximum Gasteiger partial charge on any atom is 0.185 e. The Morgan fingerprint density at radius 1 is 1.03 bits per heavy atom. The van der Waals surface area contributed by atoms with Crippen molar-refractivity contribution in [1.82, 2.24) is 19.8 Å². The number of hydrogen-bond acceptors (Lipinski definition) is 6. The number of aromatic nitrogens is 4.